The summed E-state index contributed by atoms with van der Waals surface area (Å²) in [7, 11) is 0. The van der Waals surface area contributed by atoms with Gasteiger partial charge in [0.25, 0.3) is 17.4 Å². The Morgan fingerprint density at radius 1 is 1.00 bits per heavy atom. The Balaban J connectivity index is 2.04. The van der Waals surface area contributed by atoms with E-state index in [1.807, 2.05) is 26.0 Å². The van der Waals surface area contributed by atoms with Crippen LogP contribution >= 0.6 is 0 Å². The summed E-state index contributed by atoms with van der Waals surface area (Å²) in [6, 6.07) is 10.1. The number of imide groups is 1. The highest BCUT2D eigenvalue weighted by Gasteiger charge is 2.32. The van der Waals surface area contributed by atoms with Crippen LogP contribution in [0.5, 0.6) is 0 Å². The van der Waals surface area contributed by atoms with Crippen LogP contribution in [0.4, 0.5) is 5.82 Å². The number of hydrogen-bond acceptors (Lipinski definition) is 5. The Morgan fingerprint density at radius 3 is 2.35 bits per heavy atom. The number of aryl methyl sites for hydroxylation is 2. The molecule has 0 spiro atoms. The first kappa shape index (κ1) is 15.8. The number of nitrogens with two attached hydrogens (primary N) is 1. The molecule has 130 valence electrons. The van der Waals surface area contributed by atoms with E-state index in [2.05, 4.69) is 10.4 Å². The van der Waals surface area contributed by atoms with Crippen LogP contribution in [0.1, 0.15) is 32.1 Å². The molecule has 3 aromatic rings. The van der Waals surface area contributed by atoms with Crippen LogP contribution in [0.2, 0.25) is 0 Å². The van der Waals surface area contributed by atoms with Crippen LogP contribution in [0.15, 0.2) is 41.2 Å². The monoisotopic (exact) mass is 349 g/mol. The molecular weight excluding hydrogens is 334 g/mol. The van der Waals surface area contributed by atoms with E-state index in [1.165, 1.54) is 4.57 Å². The van der Waals surface area contributed by atoms with Crippen molar-refractivity contribution < 1.29 is 9.59 Å². The molecule has 1 aromatic carbocycles. The zero-order valence-corrected chi connectivity index (χ0v) is 14.1. The van der Waals surface area contributed by atoms with Crippen molar-refractivity contribution in [3.63, 3.8) is 0 Å². The Bertz CT molecular complexity index is 1160. The number of carbonyl (C=O) groups is 2. The SMILES string of the molecule is Cc1cc(C)n(-c2ccccc2-n2c(N)c3c(cc2=O)C(=O)NC3=O)n1. The molecule has 0 saturated carbocycles. The maximum absolute atomic E-state index is 12.7. The summed E-state index contributed by atoms with van der Waals surface area (Å²) >= 11 is 0. The van der Waals surface area contributed by atoms with Gasteiger partial charge >= 0.3 is 0 Å². The molecule has 0 unspecified atom stereocenters. The lowest BCUT2D eigenvalue weighted by Gasteiger charge is -2.16. The van der Waals surface area contributed by atoms with Crippen molar-refractivity contribution >= 4 is 17.6 Å². The van der Waals surface area contributed by atoms with Gasteiger partial charge in [-0.05, 0) is 32.0 Å². The number of amides is 2. The van der Waals surface area contributed by atoms with Crippen LogP contribution in [-0.2, 0) is 0 Å². The summed E-state index contributed by atoms with van der Waals surface area (Å²) in [5, 5.41) is 6.61. The molecule has 2 aromatic heterocycles. The minimum atomic E-state index is -0.618. The number of nitrogens with zero attached hydrogens (tertiary/aromatic N) is 3. The second-order valence-electron chi connectivity index (χ2n) is 6.10. The minimum absolute atomic E-state index is 0.00246. The van der Waals surface area contributed by atoms with E-state index in [4.69, 9.17) is 5.73 Å². The van der Waals surface area contributed by atoms with Gasteiger partial charge in [-0.1, -0.05) is 12.1 Å². The lowest BCUT2D eigenvalue weighted by atomic mass is 10.1. The topological polar surface area (TPSA) is 112 Å². The van der Waals surface area contributed by atoms with Gasteiger partial charge < -0.3 is 5.73 Å². The van der Waals surface area contributed by atoms with E-state index in [0.717, 1.165) is 17.5 Å². The number of hydrogen-bond donors (Lipinski definition) is 2. The fourth-order valence-electron chi connectivity index (χ4n) is 3.23. The quantitative estimate of drug-likeness (QED) is 0.673. The summed E-state index contributed by atoms with van der Waals surface area (Å²) in [6.07, 6.45) is 0. The van der Waals surface area contributed by atoms with Gasteiger partial charge in [-0.15, -0.1) is 0 Å². The normalized spacial score (nSPS) is 13.0. The van der Waals surface area contributed by atoms with Gasteiger partial charge in [-0.3, -0.25) is 24.3 Å². The van der Waals surface area contributed by atoms with Gasteiger partial charge in [-0.2, -0.15) is 5.10 Å². The Labute approximate surface area is 147 Å². The third-order valence-corrected chi connectivity index (χ3v) is 4.31. The number of pyridine rings is 1. The molecule has 8 nitrogen and oxygen atoms in total. The van der Waals surface area contributed by atoms with Crippen LogP contribution in [0.3, 0.4) is 0 Å². The molecule has 2 amide bonds. The van der Waals surface area contributed by atoms with E-state index < -0.39 is 17.4 Å². The summed E-state index contributed by atoms with van der Waals surface area (Å²) in [5.41, 5.74) is 8.46. The maximum atomic E-state index is 12.7. The first-order valence-corrected chi connectivity index (χ1v) is 7.92. The van der Waals surface area contributed by atoms with Crippen LogP contribution in [0, 0.1) is 13.8 Å². The first-order chi connectivity index (χ1) is 12.4. The van der Waals surface area contributed by atoms with Gasteiger partial charge in [0.2, 0.25) is 0 Å². The second kappa shape index (κ2) is 5.41. The molecule has 3 N–H and O–H groups in total. The van der Waals surface area contributed by atoms with Gasteiger partial charge in [0.1, 0.15) is 5.82 Å². The lowest BCUT2D eigenvalue weighted by molar-refractivity contribution is 0.0880. The molecule has 8 heteroatoms. The molecule has 4 rings (SSSR count). The van der Waals surface area contributed by atoms with Crippen molar-refractivity contribution in [2.75, 3.05) is 5.73 Å². The molecule has 0 saturated heterocycles. The second-order valence-corrected chi connectivity index (χ2v) is 6.10. The van der Waals surface area contributed by atoms with Gasteiger partial charge in [0.05, 0.1) is 28.2 Å². The Kier molecular flexibility index (Phi) is 3.30. The molecular formula is C18H15N5O3. The molecule has 26 heavy (non-hydrogen) atoms. The molecule has 0 bridgehead atoms. The molecule has 0 aliphatic carbocycles. The van der Waals surface area contributed by atoms with Gasteiger partial charge in [0.15, 0.2) is 0 Å². The fourth-order valence-corrected chi connectivity index (χ4v) is 3.23. The number of aromatic nitrogens is 3. The number of anilines is 1. The highest BCUT2D eigenvalue weighted by molar-refractivity contribution is 6.23. The highest BCUT2D eigenvalue weighted by Crippen LogP contribution is 2.26. The number of benzene rings is 1. The molecule has 1 aliphatic heterocycles. The predicted molar refractivity (Wildman–Crippen MR) is 94.8 cm³/mol. The summed E-state index contributed by atoms with van der Waals surface area (Å²) in [5.74, 6) is -1.31. The largest absolute Gasteiger partial charge is 0.384 e. The maximum Gasteiger partial charge on any atom is 0.262 e. The standard InChI is InChI=1S/C18H15N5O3/c1-9-7-10(2)23(21-9)13-6-4-3-5-12(13)22-14(24)8-11-15(16(22)19)18(26)20-17(11)25/h3-8H,19H2,1-2H3,(H,20,25,26). The van der Waals surface area contributed by atoms with Crippen molar-refractivity contribution in [3.8, 4) is 11.4 Å². The van der Waals surface area contributed by atoms with Crippen molar-refractivity contribution in [2.24, 2.45) is 0 Å². The average molecular weight is 349 g/mol. The van der Waals surface area contributed by atoms with E-state index in [0.29, 0.717) is 11.4 Å². The summed E-state index contributed by atoms with van der Waals surface area (Å²) in [6.45, 7) is 3.77. The molecule has 1 aliphatic rings. The van der Waals surface area contributed by atoms with Crippen LogP contribution in [0.25, 0.3) is 11.4 Å². The van der Waals surface area contributed by atoms with Crippen molar-refractivity contribution in [1.82, 2.24) is 19.7 Å². The summed E-state index contributed by atoms with van der Waals surface area (Å²) in [4.78, 5) is 36.6. The summed E-state index contributed by atoms with van der Waals surface area (Å²) < 4.78 is 2.93. The van der Waals surface area contributed by atoms with Gasteiger partial charge in [0, 0.05) is 11.8 Å². The van der Waals surface area contributed by atoms with E-state index >= 15 is 0 Å². The number of nitrogens with one attached hydrogen (secondary N) is 1. The zero-order chi connectivity index (χ0) is 18.6. The molecule has 0 atom stereocenters. The number of para-hydroxylation sites is 2. The molecule has 0 fully saturated rings. The fraction of sp³-hybridized carbons (Fsp3) is 0.111. The van der Waals surface area contributed by atoms with Crippen molar-refractivity contribution in [1.29, 1.82) is 0 Å². The van der Waals surface area contributed by atoms with Gasteiger partial charge in [-0.25, -0.2) is 4.68 Å². The van der Waals surface area contributed by atoms with E-state index in [9.17, 15) is 14.4 Å². The molecule has 0 radical (unpaired) electrons. The van der Waals surface area contributed by atoms with Crippen LogP contribution in [-0.4, -0.2) is 26.2 Å². The van der Waals surface area contributed by atoms with E-state index in [-0.39, 0.29) is 16.9 Å². The lowest BCUT2D eigenvalue weighted by Crippen LogP contribution is -2.25. The number of rotatable bonds is 2. The number of fused-ring (bicyclic) bond motifs is 1. The smallest absolute Gasteiger partial charge is 0.262 e. The van der Waals surface area contributed by atoms with Crippen molar-refractivity contribution in [2.45, 2.75) is 13.8 Å². The first-order valence-electron chi connectivity index (χ1n) is 7.92. The highest BCUT2D eigenvalue weighted by atomic mass is 16.2. The Morgan fingerprint density at radius 2 is 1.69 bits per heavy atom. The van der Waals surface area contributed by atoms with Crippen molar-refractivity contribution in [3.05, 3.63) is 69.3 Å². The van der Waals surface area contributed by atoms with E-state index in [1.54, 1.807) is 22.9 Å². The average Bonchev–Trinajstić information content (AvgIpc) is 3.06. The Hall–Kier alpha value is -3.68. The third kappa shape index (κ3) is 2.16. The third-order valence-electron chi connectivity index (χ3n) is 4.31. The zero-order valence-electron chi connectivity index (χ0n) is 14.1. The number of nitrogen functional groups attached to an aromatic ring is 1. The molecule has 3 heterocycles. The van der Waals surface area contributed by atoms with Crippen LogP contribution < -0.4 is 16.6 Å². The predicted octanol–water partition coefficient (Wildman–Crippen LogP) is 1.11. The number of carbonyl (C=O) groups excluding carboxylic acids is 2. The minimum Gasteiger partial charge on any atom is -0.384 e.